The van der Waals surface area contributed by atoms with Crippen molar-refractivity contribution in [1.82, 2.24) is 4.98 Å². The molecule has 1 aliphatic rings. The molecule has 0 spiro atoms. The summed E-state index contributed by atoms with van der Waals surface area (Å²) in [6, 6.07) is 13.9. The van der Waals surface area contributed by atoms with Crippen LogP contribution in [0.1, 0.15) is 16.8 Å². The maximum Gasteiger partial charge on any atom is 0.240 e. The number of halogens is 1. The Morgan fingerprint density at radius 1 is 1.05 bits per heavy atom. The van der Waals surface area contributed by atoms with E-state index < -0.39 is 5.79 Å². The van der Waals surface area contributed by atoms with Gasteiger partial charge in [-0.05, 0) is 35.0 Å². The Bertz CT molecular complexity index is 577. The number of hydrogen-bond acceptors (Lipinski definition) is 3. The fraction of sp³-hybridized carbons (Fsp3) is 0.267. The summed E-state index contributed by atoms with van der Waals surface area (Å²) < 4.78 is 12.6. The molecule has 1 aromatic carbocycles. The standard InChI is InChI=1S/C15H14BrNO2/c1-11-5-7-12(8-6-11)15(18-9-10-19-15)13-3-2-4-14(16)17-13/h2-8H,9-10H2,1H3. The van der Waals surface area contributed by atoms with Gasteiger partial charge >= 0.3 is 0 Å². The molecule has 1 saturated heterocycles. The van der Waals surface area contributed by atoms with Gasteiger partial charge in [0.1, 0.15) is 10.3 Å². The maximum absolute atomic E-state index is 5.90. The highest BCUT2D eigenvalue weighted by Gasteiger charge is 2.42. The van der Waals surface area contributed by atoms with Crippen molar-refractivity contribution < 1.29 is 9.47 Å². The molecule has 0 radical (unpaired) electrons. The lowest BCUT2D eigenvalue weighted by molar-refractivity contribution is -0.133. The van der Waals surface area contributed by atoms with Crippen LogP contribution < -0.4 is 0 Å². The van der Waals surface area contributed by atoms with E-state index in [9.17, 15) is 0 Å². The highest BCUT2D eigenvalue weighted by molar-refractivity contribution is 9.10. The molecular weight excluding hydrogens is 306 g/mol. The molecule has 0 aliphatic carbocycles. The van der Waals surface area contributed by atoms with Crippen molar-refractivity contribution in [3.8, 4) is 0 Å². The zero-order chi connectivity index (χ0) is 13.3. The molecule has 19 heavy (non-hydrogen) atoms. The van der Waals surface area contributed by atoms with Crippen LogP contribution in [0.5, 0.6) is 0 Å². The van der Waals surface area contributed by atoms with Gasteiger partial charge in [0, 0.05) is 5.56 Å². The van der Waals surface area contributed by atoms with Gasteiger partial charge in [0.2, 0.25) is 5.79 Å². The smallest absolute Gasteiger partial charge is 0.240 e. The molecule has 3 rings (SSSR count). The van der Waals surface area contributed by atoms with Gasteiger partial charge in [-0.2, -0.15) is 0 Å². The second kappa shape index (κ2) is 5.04. The number of aromatic nitrogens is 1. The molecule has 4 heteroatoms. The van der Waals surface area contributed by atoms with Crippen molar-refractivity contribution in [1.29, 1.82) is 0 Å². The van der Waals surface area contributed by atoms with Crippen molar-refractivity contribution >= 4 is 15.9 Å². The first-order valence-corrected chi connectivity index (χ1v) is 6.98. The fourth-order valence-corrected chi connectivity index (χ4v) is 2.58. The number of ether oxygens (including phenoxy) is 2. The summed E-state index contributed by atoms with van der Waals surface area (Å²) in [5.41, 5.74) is 2.95. The van der Waals surface area contributed by atoms with E-state index in [4.69, 9.17) is 9.47 Å². The Balaban J connectivity index is 2.11. The molecule has 0 saturated carbocycles. The first-order valence-electron chi connectivity index (χ1n) is 6.19. The van der Waals surface area contributed by atoms with Crippen molar-refractivity contribution in [2.75, 3.05) is 13.2 Å². The van der Waals surface area contributed by atoms with E-state index >= 15 is 0 Å². The van der Waals surface area contributed by atoms with Crippen molar-refractivity contribution in [3.63, 3.8) is 0 Å². The van der Waals surface area contributed by atoms with Crippen LogP contribution in [0.4, 0.5) is 0 Å². The molecule has 0 N–H and O–H groups in total. The topological polar surface area (TPSA) is 31.4 Å². The number of aryl methyl sites for hydroxylation is 1. The minimum Gasteiger partial charge on any atom is -0.339 e. The second-order valence-electron chi connectivity index (χ2n) is 4.53. The van der Waals surface area contributed by atoms with Gasteiger partial charge in [0.15, 0.2) is 0 Å². The third-order valence-corrected chi connectivity index (χ3v) is 3.62. The molecule has 1 aliphatic heterocycles. The Morgan fingerprint density at radius 2 is 1.74 bits per heavy atom. The average Bonchev–Trinajstić information content (AvgIpc) is 2.90. The Labute approximate surface area is 120 Å². The van der Waals surface area contributed by atoms with Crippen LogP contribution in [-0.2, 0) is 15.3 Å². The summed E-state index contributed by atoms with van der Waals surface area (Å²) in [4.78, 5) is 4.49. The molecule has 2 heterocycles. The molecule has 0 amide bonds. The Kier molecular flexibility index (Phi) is 3.39. The monoisotopic (exact) mass is 319 g/mol. The lowest BCUT2D eigenvalue weighted by atomic mass is 10.0. The predicted octanol–water partition coefficient (Wildman–Crippen LogP) is 3.40. The van der Waals surface area contributed by atoms with Crippen molar-refractivity contribution in [2.45, 2.75) is 12.7 Å². The number of nitrogens with zero attached hydrogens (tertiary/aromatic N) is 1. The highest BCUT2D eigenvalue weighted by Crippen LogP contribution is 2.37. The molecule has 2 aromatic rings. The Hall–Kier alpha value is -1.23. The zero-order valence-electron chi connectivity index (χ0n) is 10.6. The van der Waals surface area contributed by atoms with Crippen LogP contribution in [0.15, 0.2) is 47.1 Å². The summed E-state index contributed by atoms with van der Waals surface area (Å²) in [5, 5.41) is 0. The maximum atomic E-state index is 5.90. The first-order chi connectivity index (χ1) is 9.21. The predicted molar refractivity (Wildman–Crippen MR) is 75.8 cm³/mol. The van der Waals surface area contributed by atoms with Gasteiger partial charge in [-0.25, -0.2) is 4.98 Å². The third kappa shape index (κ3) is 2.31. The van der Waals surface area contributed by atoms with Crippen molar-refractivity contribution in [2.24, 2.45) is 0 Å². The largest absolute Gasteiger partial charge is 0.339 e. The lowest BCUT2D eigenvalue weighted by Crippen LogP contribution is -2.29. The van der Waals surface area contributed by atoms with Gasteiger partial charge in [-0.1, -0.05) is 35.9 Å². The average molecular weight is 320 g/mol. The molecule has 3 nitrogen and oxygen atoms in total. The fourth-order valence-electron chi connectivity index (χ4n) is 2.24. The van der Waals surface area contributed by atoms with Crippen molar-refractivity contribution in [3.05, 3.63) is 63.9 Å². The number of pyridine rings is 1. The van der Waals surface area contributed by atoms with E-state index in [0.717, 1.165) is 15.9 Å². The van der Waals surface area contributed by atoms with Crippen LogP contribution in [0.3, 0.4) is 0 Å². The summed E-state index contributed by atoms with van der Waals surface area (Å²) in [7, 11) is 0. The van der Waals surface area contributed by atoms with Crippen LogP contribution in [0.2, 0.25) is 0 Å². The summed E-state index contributed by atoms with van der Waals surface area (Å²) in [6.45, 7) is 3.20. The number of rotatable bonds is 2. The SMILES string of the molecule is Cc1ccc(C2(c3cccc(Br)n3)OCCO2)cc1. The van der Waals surface area contributed by atoms with E-state index in [1.807, 2.05) is 30.3 Å². The van der Waals surface area contributed by atoms with Gasteiger partial charge in [-0.15, -0.1) is 0 Å². The van der Waals surface area contributed by atoms with E-state index in [1.165, 1.54) is 5.56 Å². The minimum atomic E-state index is -0.878. The van der Waals surface area contributed by atoms with E-state index in [1.54, 1.807) is 0 Å². The quantitative estimate of drug-likeness (QED) is 0.795. The van der Waals surface area contributed by atoms with Crippen LogP contribution in [0, 0.1) is 6.92 Å². The van der Waals surface area contributed by atoms with Gasteiger partial charge < -0.3 is 9.47 Å². The van der Waals surface area contributed by atoms with Gasteiger partial charge in [-0.3, -0.25) is 0 Å². The van der Waals surface area contributed by atoms with Crippen LogP contribution in [-0.4, -0.2) is 18.2 Å². The van der Waals surface area contributed by atoms with E-state index in [0.29, 0.717) is 13.2 Å². The van der Waals surface area contributed by atoms with Crippen LogP contribution in [0.25, 0.3) is 0 Å². The third-order valence-electron chi connectivity index (χ3n) is 3.18. The van der Waals surface area contributed by atoms with Gasteiger partial charge in [0.25, 0.3) is 0 Å². The zero-order valence-corrected chi connectivity index (χ0v) is 12.2. The second-order valence-corrected chi connectivity index (χ2v) is 5.34. The Morgan fingerprint density at radius 3 is 2.37 bits per heavy atom. The highest BCUT2D eigenvalue weighted by atomic mass is 79.9. The number of hydrogen-bond donors (Lipinski definition) is 0. The normalized spacial score (nSPS) is 17.6. The molecule has 0 atom stereocenters. The first kappa shape index (κ1) is 12.8. The lowest BCUT2D eigenvalue weighted by Gasteiger charge is -2.27. The molecule has 98 valence electrons. The minimum absolute atomic E-state index is 0.571. The molecule has 1 fully saturated rings. The molecule has 0 unspecified atom stereocenters. The van der Waals surface area contributed by atoms with Crippen LogP contribution >= 0.6 is 15.9 Å². The van der Waals surface area contributed by atoms with Gasteiger partial charge in [0.05, 0.1) is 13.2 Å². The summed E-state index contributed by atoms with van der Waals surface area (Å²) in [5.74, 6) is -0.878. The summed E-state index contributed by atoms with van der Waals surface area (Å²) in [6.07, 6.45) is 0. The summed E-state index contributed by atoms with van der Waals surface area (Å²) >= 11 is 3.40. The number of benzene rings is 1. The molecule has 0 bridgehead atoms. The van der Waals surface area contributed by atoms with E-state index in [-0.39, 0.29) is 0 Å². The van der Waals surface area contributed by atoms with E-state index in [2.05, 4.69) is 40.0 Å². The molecule has 1 aromatic heterocycles. The molecular formula is C15H14BrNO2.